The van der Waals surface area contributed by atoms with Crippen LogP contribution in [-0.2, 0) is 9.53 Å². The van der Waals surface area contributed by atoms with Gasteiger partial charge in [0, 0.05) is 6.42 Å². The van der Waals surface area contributed by atoms with Crippen LogP contribution in [0, 0.1) is 0 Å². The van der Waals surface area contributed by atoms with Crippen molar-refractivity contribution < 1.29 is 9.53 Å². The zero-order chi connectivity index (χ0) is 51.7. The highest BCUT2D eigenvalue weighted by Gasteiger charge is 2.02. The van der Waals surface area contributed by atoms with E-state index < -0.39 is 0 Å². The molecule has 388 valence electrons. The Morgan fingerprint density at radius 3 is 0.580 bits per heavy atom. The number of rotatable bonds is 38. The number of allylic oxidation sites excluding steroid dienone is 25. The largest absolute Gasteiger partial charge is 0.461 e. The number of hydrogen-bond acceptors (Lipinski definition) is 2. The summed E-state index contributed by atoms with van der Waals surface area (Å²) in [4.78, 5) is 12.3. The van der Waals surface area contributed by atoms with E-state index in [0.717, 1.165) is 116 Å². The summed E-state index contributed by atoms with van der Waals surface area (Å²) in [6.07, 6.45) is 56.8. The molecule has 0 radical (unpaired) electrons. The number of carbonyl (C=O) groups excluding carboxylic acids is 1. The summed E-state index contributed by atoms with van der Waals surface area (Å²) >= 11 is 0. The molecule has 69 heavy (non-hydrogen) atoms. The molecule has 0 aromatic heterocycles. The van der Waals surface area contributed by atoms with Crippen LogP contribution >= 0.6 is 0 Å². The summed E-state index contributed by atoms with van der Waals surface area (Å²) in [7, 11) is 0. The van der Waals surface area contributed by atoms with Gasteiger partial charge in [-0.15, -0.1) is 0 Å². The Balaban J connectivity index is 4.27. The average molecular weight is 946 g/mol. The molecule has 2 heteroatoms. The van der Waals surface area contributed by atoms with E-state index in [2.05, 4.69) is 183 Å². The topological polar surface area (TPSA) is 26.3 Å². The Bertz CT molecular complexity index is 1850. The van der Waals surface area contributed by atoms with Gasteiger partial charge in [-0.1, -0.05) is 145 Å². The van der Waals surface area contributed by atoms with Gasteiger partial charge in [0.05, 0.1) is 0 Å². The maximum atomic E-state index is 12.3. The van der Waals surface area contributed by atoms with Crippen molar-refractivity contribution in [1.82, 2.24) is 0 Å². The molecule has 0 aromatic rings. The van der Waals surface area contributed by atoms with Crippen molar-refractivity contribution in [3.8, 4) is 0 Å². The Labute approximate surface area is 429 Å². The lowest BCUT2D eigenvalue weighted by Crippen LogP contribution is -2.04. The molecule has 0 aliphatic carbocycles. The molecule has 0 amide bonds. The normalized spacial score (nSPS) is 14.4. The third-order valence-electron chi connectivity index (χ3n) is 13.0. The fourth-order valence-corrected chi connectivity index (χ4v) is 8.00. The van der Waals surface area contributed by atoms with Crippen LogP contribution in [0.15, 0.2) is 151 Å². The van der Waals surface area contributed by atoms with Crippen molar-refractivity contribution in [2.24, 2.45) is 0 Å². The SMILES string of the molecule is CC(C)=CCC/C(C)=C\CC/C(C)=C\CCC(=O)OC/C=C(/C)CC/C=C(\C)CC/C=C(\C)CC/C=C(\C)CC/C=C(\C)CC/C=C(/C)CC/C=C(\C)CC/C=C(/C)CC/C=C(\C)CCC=C(C)C. The lowest BCUT2D eigenvalue weighted by molar-refractivity contribution is -0.142. The van der Waals surface area contributed by atoms with E-state index in [-0.39, 0.29) is 5.97 Å². The van der Waals surface area contributed by atoms with Crippen LogP contribution in [0.1, 0.15) is 258 Å². The van der Waals surface area contributed by atoms with E-state index in [1.807, 2.05) is 0 Å². The van der Waals surface area contributed by atoms with E-state index in [9.17, 15) is 4.79 Å². The lowest BCUT2D eigenvalue weighted by atomic mass is 10.0. The van der Waals surface area contributed by atoms with Gasteiger partial charge in [0.2, 0.25) is 0 Å². The molecule has 0 atom stereocenters. The summed E-state index contributed by atoms with van der Waals surface area (Å²) in [5.41, 5.74) is 19.0. The van der Waals surface area contributed by atoms with E-state index in [4.69, 9.17) is 4.74 Å². The minimum atomic E-state index is -0.114. The van der Waals surface area contributed by atoms with Gasteiger partial charge in [0.25, 0.3) is 0 Å². The van der Waals surface area contributed by atoms with Gasteiger partial charge in [-0.2, -0.15) is 0 Å². The molecular weight excluding hydrogens is 837 g/mol. The fraction of sp³-hybridized carbons (Fsp3) is 0.597. The van der Waals surface area contributed by atoms with Crippen molar-refractivity contribution in [1.29, 1.82) is 0 Å². The summed E-state index contributed by atoms with van der Waals surface area (Å²) in [5.74, 6) is -0.114. The zero-order valence-corrected chi connectivity index (χ0v) is 48.0. The van der Waals surface area contributed by atoms with Crippen molar-refractivity contribution in [2.75, 3.05) is 6.61 Å². The molecule has 0 bridgehead atoms. The Hall–Kier alpha value is -3.91. The van der Waals surface area contributed by atoms with Gasteiger partial charge in [0.1, 0.15) is 6.61 Å². The van der Waals surface area contributed by atoms with Crippen LogP contribution in [-0.4, -0.2) is 12.6 Å². The summed E-state index contributed by atoms with van der Waals surface area (Å²) in [6.45, 7) is 33.9. The Kier molecular flexibility index (Phi) is 40.5. The second-order valence-electron chi connectivity index (χ2n) is 21.3. The van der Waals surface area contributed by atoms with Crippen LogP contribution in [0.5, 0.6) is 0 Å². The van der Waals surface area contributed by atoms with Crippen LogP contribution in [0.25, 0.3) is 0 Å². The second kappa shape index (κ2) is 42.9. The lowest BCUT2D eigenvalue weighted by Gasteiger charge is -2.05. The standard InChI is InChI=1S/C67H108O2/c1-54(2)28-16-30-56(5)32-18-34-58(7)35-20-36-59(8)37-21-38-60(9)39-22-40-61(10)41-23-42-62(11)43-24-44-63(12)45-25-46-64(13)48-26-49-66(15)52-53-69-67(68)51-27-50-65(14)47-19-33-57(6)31-17-29-55(3)4/h28-29,32-33,35,37,39,41,43,45,48,50,52H,16-27,30-31,34,36,38,40,42,44,46-47,49,51,53H2,1-15H3/b56-32+,57-33-,58-35-,59-37+,60-39-,61-41+,62-43+,63-45+,64-48+,65-50-,66-52-. The predicted molar refractivity (Wildman–Crippen MR) is 312 cm³/mol. The van der Waals surface area contributed by atoms with Crippen LogP contribution in [0.2, 0.25) is 0 Å². The van der Waals surface area contributed by atoms with Gasteiger partial charge < -0.3 is 4.74 Å². The first kappa shape index (κ1) is 65.1. The molecule has 0 unspecified atom stereocenters. The maximum absolute atomic E-state index is 12.3. The van der Waals surface area contributed by atoms with Crippen molar-refractivity contribution in [2.45, 2.75) is 258 Å². The van der Waals surface area contributed by atoms with Gasteiger partial charge in [0.15, 0.2) is 0 Å². The smallest absolute Gasteiger partial charge is 0.306 e. The van der Waals surface area contributed by atoms with Crippen LogP contribution in [0.4, 0.5) is 0 Å². The molecule has 0 aromatic carbocycles. The summed E-state index contributed by atoms with van der Waals surface area (Å²) in [5, 5.41) is 0. The Morgan fingerprint density at radius 2 is 0.391 bits per heavy atom. The van der Waals surface area contributed by atoms with Crippen molar-refractivity contribution >= 4 is 5.97 Å². The second-order valence-corrected chi connectivity index (χ2v) is 21.3. The van der Waals surface area contributed by atoms with Crippen molar-refractivity contribution in [3.63, 3.8) is 0 Å². The highest BCUT2D eigenvalue weighted by molar-refractivity contribution is 5.69. The van der Waals surface area contributed by atoms with E-state index in [1.54, 1.807) is 0 Å². The average Bonchev–Trinajstić information content (AvgIpc) is 3.26. The number of hydrogen-bond donors (Lipinski definition) is 0. The minimum absolute atomic E-state index is 0.114. The molecule has 0 saturated heterocycles. The zero-order valence-electron chi connectivity index (χ0n) is 48.0. The minimum Gasteiger partial charge on any atom is -0.461 e. The molecule has 0 saturated carbocycles. The van der Waals surface area contributed by atoms with Gasteiger partial charge in [-0.3, -0.25) is 4.79 Å². The summed E-state index contributed by atoms with van der Waals surface area (Å²) in [6, 6.07) is 0. The highest BCUT2D eigenvalue weighted by Crippen LogP contribution is 2.19. The molecule has 0 aliphatic rings. The number of carbonyl (C=O) groups is 1. The van der Waals surface area contributed by atoms with Gasteiger partial charge in [-0.05, 0) is 258 Å². The molecule has 0 fully saturated rings. The predicted octanol–water partition coefficient (Wildman–Crippen LogP) is 22.2. The quantitative estimate of drug-likeness (QED) is 0.0455. The monoisotopic (exact) mass is 945 g/mol. The molecule has 0 aliphatic heterocycles. The molecule has 2 nitrogen and oxygen atoms in total. The molecule has 0 rings (SSSR count). The van der Waals surface area contributed by atoms with E-state index >= 15 is 0 Å². The molecule has 0 N–H and O–H groups in total. The fourth-order valence-electron chi connectivity index (χ4n) is 8.00. The molecular formula is C67H108O2. The summed E-state index contributed by atoms with van der Waals surface area (Å²) < 4.78 is 5.49. The highest BCUT2D eigenvalue weighted by atomic mass is 16.5. The molecule has 0 spiro atoms. The maximum Gasteiger partial charge on any atom is 0.306 e. The first-order chi connectivity index (χ1) is 32.9. The van der Waals surface area contributed by atoms with E-state index in [0.29, 0.717) is 13.0 Å². The number of ether oxygens (including phenoxy) is 1. The Morgan fingerprint density at radius 1 is 0.232 bits per heavy atom. The van der Waals surface area contributed by atoms with Crippen molar-refractivity contribution in [3.05, 3.63) is 151 Å². The first-order valence-corrected chi connectivity index (χ1v) is 27.5. The van der Waals surface area contributed by atoms with Crippen LogP contribution < -0.4 is 0 Å². The van der Waals surface area contributed by atoms with Gasteiger partial charge >= 0.3 is 5.97 Å². The molecule has 0 heterocycles. The third-order valence-corrected chi connectivity index (χ3v) is 13.0. The first-order valence-electron chi connectivity index (χ1n) is 27.5. The number of esters is 1. The third kappa shape index (κ3) is 45.0. The van der Waals surface area contributed by atoms with Crippen LogP contribution in [0.3, 0.4) is 0 Å². The van der Waals surface area contributed by atoms with E-state index in [1.165, 1.54) is 105 Å². The van der Waals surface area contributed by atoms with Gasteiger partial charge in [-0.25, -0.2) is 0 Å².